The van der Waals surface area contributed by atoms with Gasteiger partial charge in [0.2, 0.25) is 0 Å². The highest BCUT2D eigenvalue weighted by molar-refractivity contribution is 14.1. The predicted molar refractivity (Wildman–Crippen MR) is 58.6 cm³/mol. The molecule has 0 bridgehead atoms. The van der Waals surface area contributed by atoms with E-state index in [4.69, 9.17) is 0 Å². The average molecular weight is 272 g/mol. The molecule has 2 aromatic rings. The Morgan fingerprint density at radius 2 is 2.08 bits per heavy atom. The largest absolute Gasteiger partial charge is 0.273 e. The summed E-state index contributed by atoms with van der Waals surface area (Å²) in [6, 6.07) is 2.05. The SMILES string of the molecule is Cc1ccnc2c1c(C)cn2I. The monoisotopic (exact) mass is 272 g/mol. The van der Waals surface area contributed by atoms with Gasteiger partial charge in [0.1, 0.15) is 5.65 Å². The first-order valence-electron chi connectivity index (χ1n) is 3.79. The first kappa shape index (κ1) is 8.04. The van der Waals surface area contributed by atoms with Crippen molar-refractivity contribution in [2.24, 2.45) is 0 Å². The molecule has 0 N–H and O–H groups in total. The second-order valence-electron chi connectivity index (χ2n) is 2.95. The van der Waals surface area contributed by atoms with Gasteiger partial charge in [0, 0.05) is 17.8 Å². The molecule has 2 nitrogen and oxygen atoms in total. The van der Waals surface area contributed by atoms with Gasteiger partial charge in [-0.2, -0.15) is 0 Å². The van der Waals surface area contributed by atoms with E-state index in [2.05, 4.69) is 47.9 Å². The summed E-state index contributed by atoms with van der Waals surface area (Å²) in [5.41, 5.74) is 3.66. The zero-order valence-corrected chi connectivity index (χ0v) is 9.16. The third-order valence-corrected chi connectivity index (χ3v) is 2.78. The number of aromatic nitrogens is 2. The van der Waals surface area contributed by atoms with E-state index < -0.39 is 0 Å². The zero-order valence-electron chi connectivity index (χ0n) is 7.00. The van der Waals surface area contributed by atoms with Gasteiger partial charge in [0.25, 0.3) is 0 Å². The molecule has 62 valence electrons. The minimum atomic E-state index is 1.06. The van der Waals surface area contributed by atoms with E-state index in [1.165, 1.54) is 16.5 Å². The van der Waals surface area contributed by atoms with Gasteiger partial charge < -0.3 is 0 Å². The van der Waals surface area contributed by atoms with Crippen LogP contribution in [0.25, 0.3) is 11.0 Å². The van der Waals surface area contributed by atoms with Crippen molar-refractivity contribution in [3.05, 3.63) is 29.6 Å². The smallest absolute Gasteiger partial charge is 0.149 e. The number of nitrogens with zero attached hydrogens (tertiary/aromatic N) is 2. The van der Waals surface area contributed by atoms with Gasteiger partial charge in [-0.3, -0.25) is 2.78 Å². The molecule has 0 saturated carbocycles. The quantitative estimate of drug-likeness (QED) is 0.674. The van der Waals surface area contributed by atoms with Crippen LogP contribution in [0.3, 0.4) is 0 Å². The lowest BCUT2D eigenvalue weighted by Crippen LogP contribution is -1.82. The Hall–Kier alpha value is -0.580. The molecule has 0 saturated heterocycles. The highest BCUT2D eigenvalue weighted by Crippen LogP contribution is 2.23. The van der Waals surface area contributed by atoms with Gasteiger partial charge in [-0.15, -0.1) is 0 Å². The maximum absolute atomic E-state index is 4.32. The first-order valence-corrected chi connectivity index (χ1v) is 4.76. The Morgan fingerprint density at radius 1 is 1.33 bits per heavy atom. The fourth-order valence-corrected chi connectivity index (χ4v) is 2.27. The van der Waals surface area contributed by atoms with Crippen LogP contribution in [0.1, 0.15) is 11.1 Å². The van der Waals surface area contributed by atoms with E-state index in [0.717, 1.165) is 5.65 Å². The summed E-state index contributed by atoms with van der Waals surface area (Å²) in [4.78, 5) is 4.32. The van der Waals surface area contributed by atoms with E-state index in [1.807, 2.05) is 15.0 Å². The van der Waals surface area contributed by atoms with Crippen LogP contribution < -0.4 is 0 Å². The van der Waals surface area contributed by atoms with Crippen LogP contribution in [0.5, 0.6) is 0 Å². The van der Waals surface area contributed by atoms with E-state index >= 15 is 0 Å². The maximum Gasteiger partial charge on any atom is 0.149 e. The van der Waals surface area contributed by atoms with Crippen LogP contribution >= 0.6 is 22.9 Å². The van der Waals surface area contributed by atoms with Crippen molar-refractivity contribution in [3.8, 4) is 0 Å². The van der Waals surface area contributed by atoms with Crippen molar-refractivity contribution < 1.29 is 0 Å². The molecule has 2 rings (SSSR count). The predicted octanol–water partition coefficient (Wildman–Crippen LogP) is 2.85. The molecular weight excluding hydrogens is 263 g/mol. The normalized spacial score (nSPS) is 10.9. The van der Waals surface area contributed by atoms with E-state index in [1.54, 1.807) is 0 Å². The molecule has 2 aromatic heterocycles. The van der Waals surface area contributed by atoms with Gasteiger partial charge in [0.05, 0.1) is 22.9 Å². The second kappa shape index (κ2) is 2.73. The third kappa shape index (κ3) is 1.03. The molecule has 0 aromatic carbocycles. The molecule has 0 aliphatic rings. The zero-order chi connectivity index (χ0) is 8.72. The molecule has 0 radical (unpaired) electrons. The Kier molecular flexibility index (Phi) is 1.83. The van der Waals surface area contributed by atoms with Gasteiger partial charge in [-0.25, -0.2) is 4.98 Å². The molecule has 3 heteroatoms. The summed E-state index contributed by atoms with van der Waals surface area (Å²) in [5, 5.41) is 1.28. The Balaban J connectivity index is 2.99. The minimum absolute atomic E-state index is 1.06. The summed E-state index contributed by atoms with van der Waals surface area (Å²) < 4.78 is 2.04. The average Bonchev–Trinajstić information content (AvgIpc) is 2.29. The lowest BCUT2D eigenvalue weighted by molar-refractivity contribution is 1.28. The van der Waals surface area contributed by atoms with Crippen LogP contribution in [0.4, 0.5) is 0 Å². The van der Waals surface area contributed by atoms with Crippen LogP contribution in [0, 0.1) is 13.8 Å². The molecule has 0 aliphatic carbocycles. The van der Waals surface area contributed by atoms with Crippen LogP contribution in [-0.2, 0) is 0 Å². The highest BCUT2D eigenvalue weighted by atomic mass is 127. The van der Waals surface area contributed by atoms with Crippen molar-refractivity contribution in [2.75, 3.05) is 0 Å². The maximum atomic E-state index is 4.32. The first-order chi connectivity index (χ1) is 5.70. The number of hydrogen-bond acceptors (Lipinski definition) is 1. The fraction of sp³-hybridized carbons (Fsp3) is 0.222. The molecule has 12 heavy (non-hydrogen) atoms. The Morgan fingerprint density at radius 3 is 2.75 bits per heavy atom. The molecule has 0 aliphatic heterocycles. The highest BCUT2D eigenvalue weighted by Gasteiger charge is 2.05. The standard InChI is InChI=1S/C9H9IN2/c1-6-3-4-11-9-8(6)7(2)5-12(9)10/h3-5H,1-2H3. The van der Waals surface area contributed by atoms with E-state index in [9.17, 15) is 0 Å². The summed E-state index contributed by atoms with van der Waals surface area (Å²) >= 11 is 2.25. The minimum Gasteiger partial charge on any atom is -0.273 e. The molecule has 0 spiro atoms. The molecule has 0 amide bonds. The molecule has 0 unspecified atom stereocenters. The molecule has 0 fully saturated rings. The van der Waals surface area contributed by atoms with Crippen molar-refractivity contribution in [3.63, 3.8) is 0 Å². The number of pyridine rings is 1. The van der Waals surface area contributed by atoms with E-state index in [-0.39, 0.29) is 0 Å². The molecule has 2 heterocycles. The van der Waals surface area contributed by atoms with Crippen molar-refractivity contribution >= 4 is 33.9 Å². The Bertz CT molecular complexity index is 431. The molecular formula is C9H9IN2. The number of aryl methyl sites for hydroxylation is 2. The summed E-state index contributed by atoms with van der Waals surface area (Å²) in [5.74, 6) is 0. The number of halogens is 1. The van der Waals surface area contributed by atoms with Gasteiger partial charge >= 0.3 is 0 Å². The summed E-state index contributed by atoms with van der Waals surface area (Å²) in [6.45, 7) is 4.24. The van der Waals surface area contributed by atoms with Gasteiger partial charge in [-0.05, 0) is 31.0 Å². The summed E-state index contributed by atoms with van der Waals surface area (Å²) in [7, 11) is 0. The van der Waals surface area contributed by atoms with Crippen LogP contribution in [-0.4, -0.2) is 7.76 Å². The Labute approximate surface area is 85.1 Å². The number of fused-ring (bicyclic) bond motifs is 1. The van der Waals surface area contributed by atoms with Crippen molar-refractivity contribution in [2.45, 2.75) is 13.8 Å². The van der Waals surface area contributed by atoms with Crippen molar-refractivity contribution in [1.82, 2.24) is 7.76 Å². The van der Waals surface area contributed by atoms with Crippen LogP contribution in [0.15, 0.2) is 18.5 Å². The lowest BCUT2D eigenvalue weighted by Gasteiger charge is -1.95. The van der Waals surface area contributed by atoms with Gasteiger partial charge in [0.15, 0.2) is 0 Å². The van der Waals surface area contributed by atoms with E-state index in [0.29, 0.717) is 0 Å². The number of hydrogen-bond donors (Lipinski definition) is 0. The topological polar surface area (TPSA) is 17.8 Å². The van der Waals surface area contributed by atoms with Crippen molar-refractivity contribution in [1.29, 1.82) is 0 Å². The summed E-state index contributed by atoms with van der Waals surface area (Å²) in [6.07, 6.45) is 3.96. The lowest BCUT2D eigenvalue weighted by atomic mass is 10.1. The third-order valence-electron chi connectivity index (χ3n) is 2.04. The molecule has 0 atom stereocenters. The number of rotatable bonds is 0. The van der Waals surface area contributed by atoms with Gasteiger partial charge in [-0.1, -0.05) is 0 Å². The fourth-order valence-electron chi connectivity index (χ4n) is 1.49. The second-order valence-corrected chi connectivity index (χ2v) is 3.99. The van der Waals surface area contributed by atoms with Crippen LogP contribution in [0.2, 0.25) is 0 Å².